The topological polar surface area (TPSA) is 69.6 Å². The predicted molar refractivity (Wildman–Crippen MR) is 114 cm³/mol. The van der Waals surface area contributed by atoms with Crippen LogP contribution in [-0.2, 0) is 24.2 Å². The standard InChI is InChI=1S/C25H24N2O3/c28-23(27(30)16-17-5-6-18-3-1-2-4-20(18)13-17)21-8-7-19-9-10-25(15-22(19)14-21)11-12-26-24(25)29/h1-8,13-14,30H,9-12,15-16H2,(H,26,29)/t25-/m0/s1. The van der Waals surface area contributed by atoms with Gasteiger partial charge in [-0.25, -0.2) is 5.06 Å². The van der Waals surface area contributed by atoms with Crippen molar-refractivity contribution >= 4 is 22.6 Å². The van der Waals surface area contributed by atoms with E-state index in [0.717, 1.165) is 52.8 Å². The van der Waals surface area contributed by atoms with Crippen molar-refractivity contribution in [2.75, 3.05) is 6.54 Å². The van der Waals surface area contributed by atoms with E-state index in [2.05, 4.69) is 5.32 Å². The number of hydrogen-bond acceptors (Lipinski definition) is 3. The third-order valence-corrected chi connectivity index (χ3v) is 6.61. The lowest BCUT2D eigenvalue weighted by Crippen LogP contribution is -2.36. The molecule has 5 nitrogen and oxygen atoms in total. The molecule has 0 radical (unpaired) electrons. The second-order valence-electron chi connectivity index (χ2n) is 8.49. The molecule has 0 unspecified atom stereocenters. The molecule has 3 aromatic rings. The van der Waals surface area contributed by atoms with E-state index in [1.807, 2.05) is 54.6 Å². The quantitative estimate of drug-likeness (QED) is 0.518. The average Bonchev–Trinajstić information content (AvgIpc) is 3.11. The lowest BCUT2D eigenvalue weighted by molar-refractivity contribution is -0.128. The summed E-state index contributed by atoms with van der Waals surface area (Å²) in [4.78, 5) is 25.2. The molecule has 1 aliphatic heterocycles. The first kappa shape index (κ1) is 18.8. The second kappa shape index (κ2) is 7.26. The van der Waals surface area contributed by atoms with Gasteiger partial charge in [0.1, 0.15) is 0 Å². The van der Waals surface area contributed by atoms with Crippen LogP contribution in [-0.4, -0.2) is 28.6 Å². The Hall–Kier alpha value is -3.18. The fourth-order valence-electron chi connectivity index (χ4n) is 4.85. The van der Waals surface area contributed by atoms with Gasteiger partial charge in [0, 0.05) is 12.1 Å². The number of fused-ring (bicyclic) bond motifs is 2. The van der Waals surface area contributed by atoms with Gasteiger partial charge in [-0.1, -0.05) is 42.5 Å². The average molecular weight is 400 g/mol. The van der Waals surface area contributed by atoms with Crippen molar-refractivity contribution in [3.8, 4) is 0 Å². The molecule has 1 atom stereocenters. The van der Waals surface area contributed by atoms with Crippen LogP contribution in [0, 0.1) is 5.41 Å². The summed E-state index contributed by atoms with van der Waals surface area (Å²) >= 11 is 0. The Morgan fingerprint density at radius 3 is 2.63 bits per heavy atom. The Balaban J connectivity index is 1.35. The second-order valence-corrected chi connectivity index (χ2v) is 8.49. The minimum Gasteiger partial charge on any atom is -0.356 e. The molecule has 2 aliphatic rings. The van der Waals surface area contributed by atoms with E-state index < -0.39 is 5.91 Å². The van der Waals surface area contributed by atoms with Crippen LogP contribution in [0.25, 0.3) is 10.8 Å². The third-order valence-electron chi connectivity index (χ3n) is 6.61. The van der Waals surface area contributed by atoms with Gasteiger partial charge >= 0.3 is 0 Å². The Bertz CT molecular complexity index is 1160. The van der Waals surface area contributed by atoms with Crippen molar-refractivity contribution in [2.45, 2.75) is 32.2 Å². The van der Waals surface area contributed by atoms with E-state index in [1.165, 1.54) is 5.56 Å². The van der Waals surface area contributed by atoms with Gasteiger partial charge in [-0.3, -0.25) is 14.8 Å². The number of rotatable bonds is 3. The minimum atomic E-state index is -0.429. The van der Waals surface area contributed by atoms with E-state index in [9.17, 15) is 14.8 Å². The smallest absolute Gasteiger partial charge is 0.277 e. The third kappa shape index (κ3) is 3.25. The first-order chi connectivity index (χ1) is 14.5. The largest absolute Gasteiger partial charge is 0.356 e. The maximum Gasteiger partial charge on any atom is 0.277 e. The van der Waals surface area contributed by atoms with Gasteiger partial charge in [-0.05, 0) is 71.3 Å². The molecule has 0 saturated carbocycles. The first-order valence-corrected chi connectivity index (χ1v) is 10.4. The lowest BCUT2D eigenvalue weighted by Gasteiger charge is -2.32. The van der Waals surface area contributed by atoms with Crippen LogP contribution in [0.3, 0.4) is 0 Å². The Morgan fingerprint density at radius 1 is 1.00 bits per heavy atom. The van der Waals surface area contributed by atoms with Crippen molar-refractivity contribution in [3.05, 3.63) is 82.9 Å². The number of hydrogen-bond donors (Lipinski definition) is 2. The molecular formula is C25H24N2O3. The summed E-state index contributed by atoms with van der Waals surface area (Å²) in [6.45, 7) is 0.843. The number of amides is 2. The van der Waals surface area contributed by atoms with Crippen molar-refractivity contribution in [3.63, 3.8) is 0 Å². The molecule has 5 heteroatoms. The molecule has 30 heavy (non-hydrogen) atoms. The molecule has 3 aromatic carbocycles. The Kier molecular flexibility index (Phi) is 4.55. The molecule has 1 fully saturated rings. The number of aryl methyl sites for hydroxylation is 1. The number of hydroxylamine groups is 2. The van der Waals surface area contributed by atoms with Crippen LogP contribution in [0.5, 0.6) is 0 Å². The number of carbonyl (C=O) groups excluding carboxylic acids is 2. The van der Waals surface area contributed by atoms with Crippen LogP contribution in [0.1, 0.15) is 39.9 Å². The van der Waals surface area contributed by atoms with Crippen molar-refractivity contribution < 1.29 is 14.8 Å². The van der Waals surface area contributed by atoms with E-state index in [0.29, 0.717) is 12.0 Å². The van der Waals surface area contributed by atoms with E-state index >= 15 is 0 Å². The molecule has 1 aliphatic carbocycles. The van der Waals surface area contributed by atoms with Crippen molar-refractivity contribution in [1.82, 2.24) is 10.4 Å². The number of nitrogens with zero attached hydrogens (tertiary/aromatic N) is 1. The molecule has 2 amide bonds. The summed E-state index contributed by atoms with van der Waals surface area (Å²) in [5.74, 6) is -0.300. The SMILES string of the molecule is O=C(c1ccc2c(c1)C[C@@]1(CCNC1=O)CC2)N(O)Cc1ccc2ccccc2c1. The highest BCUT2D eigenvalue weighted by Crippen LogP contribution is 2.41. The van der Waals surface area contributed by atoms with Crippen molar-refractivity contribution in [2.24, 2.45) is 5.41 Å². The summed E-state index contributed by atoms with van der Waals surface area (Å²) in [5, 5.41) is 16.4. The zero-order valence-electron chi connectivity index (χ0n) is 16.7. The van der Waals surface area contributed by atoms with E-state index in [-0.39, 0.29) is 17.9 Å². The molecule has 5 rings (SSSR count). The number of benzene rings is 3. The highest BCUT2D eigenvalue weighted by molar-refractivity contribution is 5.94. The summed E-state index contributed by atoms with van der Waals surface area (Å²) in [5.41, 5.74) is 3.22. The van der Waals surface area contributed by atoms with Gasteiger partial charge < -0.3 is 5.32 Å². The number of nitrogens with one attached hydrogen (secondary N) is 1. The molecule has 1 spiro atoms. The molecule has 152 valence electrons. The van der Waals surface area contributed by atoms with Crippen LogP contribution in [0.2, 0.25) is 0 Å². The molecule has 0 aromatic heterocycles. The van der Waals surface area contributed by atoms with Crippen LogP contribution >= 0.6 is 0 Å². The maximum atomic E-state index is 12.9. The van der Waals surface area contributed by atoms with Gasteiger partial charge in [0.2, 0.25) is 5.91 Å². The first-order valence-electron chi connectivity index (χ1n) is 10.4. The predicted octanol–water partition coefficient (Wildman–Crippen LogP) is 3.87. The minimum absolute atomic E-state index is 0.118. The summed E-state index contributed by atoms with van der Waals surface area (Å²) in [6.07, 6.45) is 3.20. The number of carbonyl (C=O) groups is 2. The van der Waals surface area contributed by atoms with Crippen LogP contribution in [0.4, 0.5) is 0 Å². The zero-order valence-corrected chi connectivity index (χ0v) is 16.7. The molecule has 1 heterocycles. The van der Waals surface area contributed by atoms with Gasteiger partial charge in [0.15, 0.2) is 0 Å². The lowest BCUT2D eigenvalue weighted by atomic mass is 9.70. The summed E-state index contributed by atoms with van der Waals surface area (Å²) < 4.78 is 0. The fraction of sp³-hybridized carbons (Fsp3) is 0.280. The fourth-order valence-corrected chi connectivity index (χ4v) is 4.85. The van der Waals surface area contributed by atoms with Gasteiger partial charge in [-0.2, -0.15) is 0 Å². The Morgan fingerprint density at radius 2 is 1.83 bits per heavy atom. The molecule has 0 bridgehead atoms. The van der Waals surface area contributed by atoms with Gasteiger partial charge in [0.05, 0.1) is 12.0 Å². The highest BCUT2D eigenvalue weighted by atomic mass is 16.5. The Labute approximate surface area is 175 Å². The monoisotopic (exact) mass is 400 g/mol. The summed E-state index contributed by atoms with van der Waals surface area (Å²) in [6, 6.07) is 19.5. The van der Waals surface area contributed by atoms with Crippen molar-refractivity contribution in [1.29, 1.82) is 0 Å². The van der Waals surface area contributed by atoms with E-state index in [4.69, 9.17) is 0 Å². The summed E-state index contributed by atoms with van der Waals surface area (Å²) in [7, 11) is 0. The molecular weight excluding hydrogens is 376 g/mol. The molecule has 1 saturated heterocycles. The van der Waals surface area contributed by atoms with Gasteiger partial charge in [-0.15, -0.1) is 0 Å². The van der Waals surface area contributed by atoms with Gasteiger partial charge in [0.25, 0.3) is 5.91 Å². The van der Waals surface area contributed by atoms with E-state index in [1.54, 1.807) is 6.07 Å². The molecule has 2 N–H and O–H groups in total. The highest BCUT2D eigenvalue weighted by Gasteiger charge is 2.44. The zero-order chi connectivity index (χ0) is 20.7. The van der Waals surface area contributed by atoms with Crippen LogP contribution in [0.15, 0.2) is 60.7 Å². The van der Waals surface area contributed by atoms with Crippen LogP contribution < -0.4 is 5.32 Å². The normalized spacial score (nSPS) is 20.2. The maximum absolute atomic E-state index is 12.9.